The van der Waals surface area contributed by atoms with Crippen LogP contribution in [0.1, 0.15) is 0 Å². The molecular formula is C126H74N10OS4. The Morgan fingerprint density at radius 3 is 0.794 bits per heavy atom. The van der Waals surface area contributed by atoms with E-state index in [4.69, 9.17) is 34.3 Å². The average molecular weight is 1870 g/mol. The minimum atomic E-state index is 0.743. The van der Waals surface area contributed by atoms with Crippen LogP contribution in [0.4, 0.5) is 0 Å². The Balaban J connectivity index is 0.000000102. The Labute approximate surface area is 821 Å². The molecule has 0 saturated carbocycles. The molecule has 31 rings (SSSR count). The molecule has 0 unspecified atom stereocenters. The maximum absolute atomic E-state index is 6.27. The van der Waals surface area contributed by atoms with Gasteiger partial charge in [-0.25, -0.2) is 29.9 Å². The largest absolute Gasteiger partial charge is 0.456 e. The molecule has 19 aromatic carbocycles. The van der Waals surface area contributed by atoms with E-state index in [1.165, 1.54) is 127 Å². The van der Waals surface area contributed by atoms with Crippen molar-refractivity contribution in [2.75, 3.05) is 0 Å². The van der Waals surface area contributed by atoms with Crippen LogP contribution >= 0.6 is 45.3 Å². The van der Waals surface area contributed by atoms with Gasteiger partial charge in [0, 0.05) is 177 Å². The number of hydrogen-bond acceptors (Lipinski definition) is 11. The summed E-state index contributed by atoms with van der Waals surface area (Å²) >= 11 is 7.05. The summed E-state index contributed by atoms with van der Waals surface area (Å²) in [5.41, 5.74) is 25.0. The molecule has 12 heterocycles. The summed E-state index contributed by atoms with van der Waals surface area (Å²) in [6, 6.07) is 159. The summed E-state index contributed by atoms with van der Waals surface area (Å²) in [4.78, 5) is 33.8. The lowest BCUT2D eigenvalue weighted by Crippen LogP contribution is -1.96. The van der Waals surface area contributed by atoms with Crippen LogP contribution in [-0.4, -0.2) is 48.2 Å². The average Bonchev–Trinajstić information content (AvgIpc) is 1.55. The second-order valence-electron chi connectivity index (χ2n) is 35.7. The van der Waals surface area contributed by atoms with E-state index >= 15 is 0 Å². The molecule has 0 spiro atoms. The second kappa shape index (κ2) is 32.5. The smallest absolute Gasteiger partial charge is 0.161 e. The summed E-state index contributed by atoms with van der Waals surface area (Å²) in [5, 5.41) is 22.0. The maximum Gasteiger partial charge on any atom is 0.161 e. The topological polar surface area (TPSA) is 110 Å². The van der Waals surface area contributed by atoms with Gasteiger partial charge in [0.25, 0.3) is 0 Å². The molecule has 658 valence electrons. The molecule has 141 heavy (non-hydrogen) atoms. The first-order valence-electron chi connectivity index (χ1n) is 47.2. The molecule has 11 nitrogen and oxygen atoms in total. The van der Waals surface area contributed by atoms with E-state index < -0.39 is 0 Å². The number of thiophene rings is 4. The zero-order valence-electron chi connectivity index (χ0n) is 75.2. The Kier molecular flexibility index (Phi) is 18.6. The highest BCUT2D eigenvalue weighted by Crippen LogP contribution is 2.50. The van der Waals surface area contributed by atoms with Crippen LogP contribution in [0, 0.1) is 0 Å². The number of benzene rings is 19. The van der Waals surface area contributed by atoms with Crippen molar-refractivity contribution in [3.63, 3.8) is 0 Å². The van der Waals surface area contributed by atoms with Gasteiger partial charge in [0.15, 0.2) is 17.5 Å². The second-order valence-corrected chi connectivity index (χ2v) is 39.9. The highest BCUT2D eigenvalue weighted by atomic mass is 32.1. The van der Waals surface area contributed by atoms with E-state index in [-0.39, 0.29) is 0 Å². The summed E-state index contributed by atoms with van der Waals surface area (Å²) in [6.45, 7) is 0. The van der Waals surface area contributed by atoms with Crippen molar-refractivity contribution in [2.24, 2.45) is 0 Å². The van der Waals surface area contributed by atoms with Gasteiger partial charge in [-0.1, -0.05) is 309 Å². The Bertz CT molecular complexity index is 10100. The summed E-state index contributed by atoms with van der Waals surface area (Å²) in [6.07, 6.45) is 0. The van der Waals surface area contributed by atoms with Crippen molar-refractivity contribution >= 4 is 236 Å². The molecule has 0 aliphatic carbocycles. The fourth-order valence-electron chi connectivity index (χ4n) is 21.7. The van der Waals surface area contributed by atoms with Crippen molar-refractivity contribution in [3.8, 4) is 90.7 Å². The van der Waals surface area contributed by atoms with Gasteiger partial charge in [0.2, 0.25) is 0 Å². The third-order valence-electron chi connectivity index (χ3n) is 27.8. The predicted octanol–water partition coefficient (Wildman–Crippen LogP) is 35.2. The first kappa shape index (κ1) is 80.6. The molecule has 0 saturated heterocycles. The number of furan rings is 1. The number of fused-ring (bicyclic) bond motifs is 30. The number of para-hydroxylation sites is 6. The van der Waals surface area contributed by atoms with Crippen molar-refractivity contribution in [2.45, 2.75) is 0 Å². The van der Waals surface area contributed by atoms with Gasteiger partial charge in [-0.3, -0.25) is 0 Å². The Hall–Kier alpha value is -17.7. The van der Waals surface area contributed by atoms with Crippen molar-refractivity contribution < 1.29 is 4.42 Å². The molecule has 0 N–H and O–H groups in total. The lowest BCUT2D eigenvalue weighted by atomic mass is 10.0. The quantitative estimate of drug-likeness (QED) is 0.134. The summed E-state index contributed by atoms with van der Waals surface area (Å²) in [7, 11) is 0. The van der Waals surface area contributed by atoms with E-state index in [0.717, 1.165) is 154 Å². The zero-order chi connectivity index (χ0) is 92.4. The van der Waals surface area contributed by atoms with Gasteiger partial charge in [-0.05, 0) is 140 Å². The third kappa shape index (κ3) is 12.9. The molecule has 0 amide bonds. The lowest BCUT2D eigenvalue weighted by Gasteiger charge is -2.11. The number of hydrogen-bond donors (Lipinski definition) is 0. The van der Waals surface area contributed by atoms with Gasteiger partial charge >= 0.3 is 0 Å². The van der Waals surface area contributed by atoms with E-state index in [2.05, 4.69) is 400 Å². The van der Waals surface area contributed by atoms with E-state index in [1.54, 1.807) is 34.0 Å². The highest BCUT2D eigenvalue weighted by Gasteiger charge is 2.28. The van der Waals surface area contributed by atoms with Crippen LogP contribution in [0.15, 0.2) is 453 Å². The van der Waals surface area contributed by atoms with Gasteiger partial charge in [0.05, 0.1) is 61.2 Å². The molecule has 0 bridgehead atoms. The van der Waals surface area contributed by atoms with Crippen molar-refractivity contribution in [3.05, 3.63) is 449 Å². The predicted molar refractivity (Wildman–Crippen MR) is 595 cm³/mol. The molecule has 12 aromatic heterocycles. The minimum absolute atomic E-state index is 0.743. The zero-order valence-corrected chi connectivity index (χ0v) is 78.5. The molecule has 15 heteroatoms. The standard InChI is InChI=1S/C46H28N4S.C40H23N3OS.C40H23N3S2/c1-3-13-30(14-4-1)45-47-44(43-35-19-9-12-22-40(35)51-46(43)48-45)29-23-25-32(26-24-29)50-37-21-11-8-18-34(37)42-39(50)28-27-38-41(42)33-17-7-10-20-36(33)49(38)31-15-5-2-6-16-31;1-2-10-25(11-3-1)39-41-38(37-29-14-6-9-17-34(29)45-40(37)42-39)24-18-20-26(21-19-24)43-30-15-7-4-12-27(30)35-31(43)22-23-33-36(35)28-13-5-8-16-32(28)44-33;1-2-10-25(11-3-1)39-41-38(37-29-14-6-9-17-33(29)45-40(37)42-39)24-18-20-26(21-19-24)43-30-15-7-4-12-27(30)35-31(43)22-23-34-36(35)28-13-5-8-16-32(28)44-34/h1-28H;2*1-23H. The van der Waals surface area contributed by atoms with Crippen LogP contribution in [0.2, 0.25) is 0 Å². The summed E-state index contributed by atoms with van der Waals surface area (Å²) in [5.74, 6) is 2.24. The molecular weight excluding hydrogens is 1800 g/mol. The van der Waals surface area contributed by atoms with Crippen LogP contribution < -0.4 is 0 Å². The molecule has 0 aliphatic heterocycles. The Morgan fingerprint density at radius 2 is 0.426 bits per heavy atom. The first-order valence-corrected chi connectivity index (χ1v) is 50.5. The van der Waals surface area contributed by atoms with E-state index in [0.29, 0.717) is 0 Å². The number of aromatic nitrogens is 10. The first-order chi connectivity index (χ1) is 69.9. The molecule has 0 radical (unpaired) electrons. The normalized spacial score (nSPS) is 12.0. The van der Waals surface area contributed by atoms with Gasteiger partial charge in [-0.2, -0.15) is 0 Å². The SMILES string of the molecule is c1ccc(-c2nc(-c3ccc(-n4c5ccccc5c5c6c(ccc54)oc4ccccc46)cc3)c3c(n2)sc2ccccc23)cc1.c1ccc(-c2nc(-c3ccc(-n4c5ccccc5c5c6c(ccc54)sc4ccccc46)cc3)c3c(n2)sc2ccccc23)cc1.c1ccc(-c2nc(-c3ccc(-n4c5ccccc5c5c6c7ccccc7n(-c7ccccc7)c6ccc54)cc3)c3c(n2)sc2ccccc23)cc1. The third-order valence-corrected chi connectivity index (χ3v) is 32.2. The van der Waals surface area contributed by atoms with Gasteiger partial charge in [-0.15, -0.1) is 45.3 Å². The minimum Gasteiger partial charge on any atom is -0.456 e. The maximum atomic E-state index is 6.27. The van der Waals surface area contributed by atoms with Gasteiger partial charge in [0.1, 0.15) is 25.7 Å². The fraction of sp³-hybridized carbons (Fsp3) is 0. The van der Waals surface area contributed by atoms with E-state index in [9.17, 15) is 0 Å². The van der Waals surface area contributed by atoms with Gasteiger partial charge < -0.3 is 22.7 Å². The number of nitrogens with zero attached hydrogens (tertiary/aromatic N) is 10. The van der Waals surface area contributed by atoms with Crippen LogP contribution in [0.3, 0.4) is 0 Å². The summed E-state index contributed by atoms with van der Waals surface area (Å²) < 4.78 is 22.2. The number of rotatable bonds is 10. The molecule has 31 aromatic rings. The monoisotopic (exact) mass is 1870 g/mol. The van der Waals surface area contributed by atoms with Crippen LogP contribution in [0.25, 0.3) is 281 Å². The lowest BCUT2D eigenvalue weighted by molar-refractivity contribution is 0.669. The Morgan fingerprint density at radius 1 is 0.156 bits per heavy atom. The fourth-order valence-corrected chi connectivity index (χ4v) is 26.0. The van der Waals surface area contributed by atoms with Crippen LogP contribution in [-0.2, 0) is 0 Å². The molecule has 0 aliphatic rings. The van der Waals surface area contributed by atoms with E-state index in [1.807, 2.05) is 78.1 Å². The van der Waals surface area contributed by atoms with Crippen molar-refractivity contribution in [1.29, 1.82) is 0 Å². The van der Waals surface area contributed by atoms with Crippen LogP contribution in [0.5, 0.6) is 0 Å². The van der Waals surface area contributed by atoms with Crippen molar-refractivity contribution in [1.82, 2.24) is 48.2 Å². The molecule has 0 atom stereocenters. The molecule has 0 fully saturated rings. The highest BCUT2D eigenvalue weighted by molar-refractivity contribution is 7.27.